The van der Waals surface area contributed by atoms with Crippen LogP contribution in [-0.2, 0) is 12.8 Å². The van der Waals surface area contributed by atoms with E-state index in [0.29, 0.717) is 0 Å². The third kappa shape index (κ3) is 10.1. The summed E-state index contributed by atoms with van der Waals surface area (Å²) >= 11 is 0. The number of hydrogen-bond acceptors (Lipinski definition) is 1. The molecule has 0 aromatic carbocycles. The Morgan fingerprint density at radius 2 is 1.38 bits per heavy atom. The van der Waals surface area contributed by atoms with Gasteiger partial charge >= 0.3 is 0 Å². The van der Waals surface area contributed by atoms with Crippen molar-refractivity contribution in [1.82, 2.24) is 4.98 Å². The Morgan fingerprint density at radius 3 is 1.95 bits per heavy atom. The summed E-state index contributed by atoms with van der Waals surface area (Å²) in [5.74, 6) is 0. The van der Waals surface area contributed by atoms with Gasteiger partial charge in [-0.2, -0.15) is 0 Å². The van der Waals surface area contributed by atoms with Crippen molar-refractivity contribution in [1.29, 1.82) is 0 Å². The zero-order chi connectivity index (χ0) is 14.5. The normalized spacial score (nSPS) is 10.4. The van der Waals surface area contributed by atoms with E-state index in [0.717, 1.165) is 6.42 Å². The molecule has 0 amide bonds. The van der Waals surface area contributed by atoms with Gasteiger partial charge in [0.25, 0.3) is 0 Å². The van der Waals surface area contributed by atoms with Crippen LogP contribution in [0.5, 0.6) is 0 Å². The van der Waals surface area contributed by atoms with Crippen LogP contribution in [0.15, 0.2) is 18.3 Å². The minimum Gasteiger partial charge on any atom is -0.261 e. The van der Waals surface area contributed by atoms with Crippen molar-refractivity contribution in [3.8, 4) is 0 Å². The quantitative estimate of drug-likeness (QED) is 0.380. The maximum atomic E-state index is 4.46. The van der Waals surface area contributed by atoms with Gasteiger partial charge in [-0.05, 0) is 30.9 Å². The average Bonchev–Trinajstić information content (AvgIpc) is 2.49. The van der Waals surface area contributed by atoms with Crippen LogP contribution in [0.2, 0.25) is 0 Å². The topological polar surface area (TPSA) is 12.9 Å². The summed E-state index contributed by atoms with van der Waals surface area (Å²) in [6, 6.07) is 4.32. The van der Waals surface area contributed by atoms with Crippen LogP contribution in [0, 0.1) is 0 Å². The summed E-state index contributed by atoms with van der Waals surface area (Å²) < 4.78 is 0. The monoisotopic (exact) mass is 355 g/mol. The first-order valence-electron chi connectivity index (χ1n) is 8.81. The molecule has 21 heavy (non-hydrogen) atoms. The molecule has 0 N–H and O–H groups in total. The highest BCUT2D eigenvalue weighted by Gasteiger charge is 2.00. The van der Waals surface area contributed by atoms with E-state index in [1.165, 1.54) is 81.9 Å². The molecule has 1 aromatic heterocycles. The van der Waals surface area contributed by atoms with Gasteiger partial charge in [0, 0.05) is 11.9 Å². The van der Waals surface area contributed by atoms with Crippen molar-refractivity contribution in [2.75, 3.05) is 0 Å². The van der Waals surface area contributed by atoms with E-state index in [1.54, 1.807) is 0 Å². The van der Waals surface area contributed by atoms with Gasteiger partial charge in [-0.25, -0.2) is 0 Å². The zero-order valence-corrected chi connectivity index (χ0v) is 15.8. The molecule has 0 atom stereocenters. The van der Waals surface area contributed by atoms with E-state index in [9.17, 15) is 0 Å². The Hall–Kier alpha value is -0.370. The fourth-order valence-corrected chi connectivity index (χ4v) is 2.82. The number of aryl methyl sites for hydroxylation is 2. The lowest BCUT2D eigenvalue weighted by atomic mass is 10.0. The number of rotatable bonds is 12. The molecule has 0 unspecified atom stereocenters. The van der Waals surface area contributed by atoms with E-state index >= 15 is 0 Å². The van der Waals surface area contributed by atoms with E-state index in [2.05, 4.69) is 31.0 Å². The van der Waals surface area contributed by atoms with Crippen LogP contribution in [0.1, 0.15) is 89.3 Å². The first-order chi connectivity index (χ1) is 9.88. The van der Waals surface area contributed by atoms with Crippen molar-refractivity contribution in [2.45, 2.75) is 90.9 Å². The number of halogens is 1. The van der Waals surface area contributed by atoms with Crippen LogP contribution in [0.3, 0.4) is 0 Å². The summed E-state index contributed by atoms with van der Waals surface area (Å²) in [5, 5.41) is 0. The number of unbranched alkanes of at least 4 members (excludes halogenated alkanes) is 9. The van der Waals surface area contributed by atoms with Crippen molar-refractivity contribution >= 4 is 17.0 Å². The van der Waals surface area contributed by atoms with Crippen LogP contribution >= 0.6 is 17.0 Å². The molecular formula is C19H34BrN. The Labute approximate surface area is 142 Å². The summed E-state index contributed by atoms with van der Waals surface area (Å²) in [7, 11) is 0. The second-order valence-electron chi connectivity index (χ2n) is 5.89. The van der Waals surface area contributed by atoms with Gasteiger partial charge in [-0.1, -0.05) is 77.7 Å². The van der Waals surface area contributed by atoms with Crippen LogP contribution in [0.4, 0.5) is 0 Å². The van der Waals surface area contributed by atoms with Gasteiger partial charge in [0.1, 0.15) is 0 Å². The fourth-order valence-electron chi connectivity index (χ4n) is 2.82. The summed E-state index contributed by atoms with van der Waals surface area (Å²) in [5.41, 5.74) is 2.76. The highest BCUT2D eigenvalue weighted by Crippen LogP contribution is 2.14. The number of nitrogens with zero attached hydrogens (tertiary/aromatic N) is 1. The van der Waals surface area contributed by atoms with Gasteiger partial charge in [-0.3, -0.25) is 4.98 Å². The Bertz CT molecular complexity index is 338. The third-order valence-corrected chi connectivity index (χ3v) is 4.12. The molecule has 122 valence electrons. The molecule has 0 bridgehead atoms. The molecule has 1 aromatic rings. The standard InChI is InChI=1S/C19H33N.BrH/c1-3-5-6-7-8-9-10-11-12-13-15-18-16-14-17-20-19(18)4-2;/h14,16-17H,3-13,15H2,1-2H3;1H. The molecule has 0 spiro atoms. The first kappa shape index (κ1) is 20.6. The van der Waals surface area contributed by atoms with Gasteiger partial charge in [-0.15, -0.1) is 17.0 Å². The molecule has 0 aliphatic rings. The van der Waals surface area contributed by atoms with Crippen LogP contribution in [-0.4, -0.2) is 4.98 Å². The Balaban J connectivity index is 0.00000400. The van der Waals surface area contributed by atoms with Gasteiger partial charge in [0.05, 0.1) is 0 Å². The van der Waals surface area contributed by atoms with E-state index in [4.69, 9.17) is 0 Å². The van der Waals surface area contributed by atoms with Crippen LogP contribution < -0.4 is 0 Å². The molecule has 0 aliphatic heterocycles. The lowest BCUT2D eigenvalue weighted by Gasteiger charge is -2.06. The summed E-state index contributed by atoms with van der Waals surface area (Å²) in [6.45, 7) is 4.48. The van der Waals surface area contributed by atoms with Crippen molar-refractivity contribution in [3.05, 3.63) is 29.6 Å². The fraction of sp³-hybridized carbons (Fsp3) is 0.737. The summed E-state index contributed by atoms with van der Waals surface area (Å²) in [6.07, 6.45) is 18.3. The average molecular weight is 356 g/mol. The largest absolute Gasteiger partial charge is 0.261 e. The van der Waals surface area contributed by atoms with Crippen molar-refractivity contribution in [3.63, 3.8) is 0 Å². The predicted molar refractivity (Wildman–Crippen MR) is 99.5 cm³/mol. The van der Waals surface area contributed by atoms with Gasteiger partial charge < -0.3 is 0 Å². The van der Waals surface area contributed by atoms with Crippen LogP contribution in [0.25, 0.3) is 0 Å². The predicted octanol–water partition coefficient (Wildman–Crippen LogP) is 6.69. The number of hydrogen-bond donors (Lipinski definition) is 0. The minimum absolute atomic E-state index is 0. The van der Waals surface area contributed by atoms with E-state index < -0.39 is 0 Å². The molecule has 1 nitrogen and oxygen atoms in total. The SMILES string of the molecule is Br.CCCCCCCCCCCCc1cccnc1CC. The maximum Gasteiger partial charge on any atom is 0.0432 e. The van der Waals surface area contributed by atoms with Gasteiger partial charge in [0.2, 0.25) is 0 Å². The molecule has 0 radical (unpaired) electrons. The second kappa shape index (κ2) is 14.6. The smallest absolute Gasteiger partial charge is 0.0432 e. The van der Waals surface area contributed by atoms with Crippen molar-refractivity contribution < 1.29 is 0 Å². The molecule has 0 saturated carbocycles. The maximum absolute atomic E-state index is 4.46. The molecule has 0 saturated heterocycles. The highest BCUT2D eigenvalue weighted by molar-refractivity contribution is 8.93. The minimum atomic E-state index is 0. The van der Waals surface area contributed by atoms with Gasteiger partial charge in [0.15, 0.2) is 0 Å². The Kier molecular flexibility index (Phi) is 14.3. The molecule has 1 rings (SSSR count). The van der Waals surface area contributed by atoms with Crippen molar-refractivity contribution in [2.24, 2.45) is 0 Å². The molecular weight excluding hydrogens is 322 g/mol. The third-order valence-electron chi connectivity index (χ3n) is 4.12. The number of aromatic nitrogens is 1. The molecule has 1 heterocycles. The highest BCUT2D eigenvalue weighted by atomic mass is 79.9. The first-order valence-corrected chi connectivity index (χ1v) is 8.81. The number of pyridine rings is 1. The zero-order valence-electron chi connectivity index (χ0n) is 14.1. The molecule has 2 heteroatoms. The van der Waals surface area contributed by atoms with E-state index in [-0.39, 0.29) is 17.0 Å². The summed E-state index contributed by atoms with van der Waals surface area (Å²) in [4.78, 5) is 4.46. The van der Waals surface area contributed by atoms with E-state index in [1.807, 2.05) is 6.20 Å². The molecule has 0 fully saturated rings. The Morgan fingerprint density at radius 1 is 0.810 bits per heavy atom. The second-order valence-corrected chi connectivity index (χ2v) is 5.89. The lowest BCUT2D eigenvalue weighted by molar-refractivity contribution is 0.556. The lowest BCUT2D eigenvalue weighted by Crippen LogP contribution is -1.96. The molecule has 0 aliphatic carbocycles.